The van der Waals surface area contributed by atoms with Crippen LogP contribution in [0.1, 0.15) is 0 Å². The summed E-state index contributed by atoms with van der Waals surface area (Å²) in [5.74, 6) is 0.254. The highest BCUT2D eigenvalue weighted by atomic mass is 16.1. The molecule has 7 nitrogen and oxygen atoms in total. The van der Waals surface area contributed by atoms with E-state index in [4.69, 9.17) is 5.73 Å². The Balaban J connectivity index is 1.99. The van der Waals surface area contributed by atoms with Crippen LogP contribution in [-0.4, -0.2) is 9.97 Å². The zero-order valence-corrected chi connectivity index (χ0v) is 12.1. The molecular weight excluding hydrogens is 292 g/mol. The van der Waals surface area contributed by atoms with Crippen LogP contribution in [0, 0.1) is 0 Å². The normalized spacial score (nSPS) is 10.8. The second kappa shape index (κ2) is 6.52. The van der Waals surface area contributed by atoms with Crippen LogP contribution in [0.5, 0.6) is 0 Å². The molecule has 1 heterocycles. The number of benzene rings is 2. The van der Waals surface area contributed by atoms with Gasteiger partial charge < -0.3 is 11.1 Å². The number of hydrogen-bond donors (Lipinski definition) is 3. The monoisotopic (exact) mass is 306 g/mol. The number of nitrogens with two attached hydrogens (primary N) is 1. The number of azo groups is 1. The Hall–Kier alpha value is -3.48. The Morgan fingerprint density at radius 1 is 0.957 bits per heavy atom. The van der Waals surface area contributed by atoms with Gasteiger partial charge in [0, 0.05) is 5.69 Å². The lowest BCUT2D eigenvalue weighted by Crippen LogP contribution is -2.13. The van der Waals surface area contributed by atoms with Crippen LogP contribution in [0.3, 0.4) is 0 Å². The van der Waals surface area contributed by atoms with Crippen molar-refractivity contribution < 1.29 is 0 Å². The fraction of sp³-hybridized carbons (Fsp3) is 0. The highest BCUT2D eigenvalue weighted by molar-refractivity contribution is 5.68. The molecule has 0 aliphatic carbocycles. The summed E-state index contributed by atoms with van der Waals surface area (Å²) >= 11 is 0. The molecule has 0 saturated heterocycles. The SMILES string of the molecule is Nc1nc(Nc2ccccc2)c(N=Nc2ccccc2)c(=O)[nH]1. The van der Waals surface area contributed by atoms with E-state index < -0.39 is 5.56 Å². The van der Waals surface area contributed by atoms with Crippen molar-refractivity contribution in [2.45, 2.75) is 0 Å². The molecule has 114 valence electrons. The van der Waals surface area contributed by atoms with E-state index in [9.17, 15) is 4.79 Å². The quantitative estimate of drug-likeness (QED) is 0.641. The van der Waals surface area contributed by atoms with Crippen LogP contribution in [0.2, 0.25) is 0 Å². The van der Waals surface area contributed by atoms with Crippen molar-refractivity contribution in [3.63, 3.8) is 0 Å². The van der Waals surface area contributed by atoms with Gasteiger partial charge >= 0.3 is 0 Å². The van der Waals surface area contributed by atoms with Crippen LogP contribution < -0.4 is 16.6 Å². The Labute approximate surface area is 131 Å². The number of hydrogen-bond acceptors (Lipinski definition) is 6. The minimum atomic E-state index is -0.462. The maximum Gasteiger partial charge on any atom is 0.282 e. The van der Waals surface area contributed by atoms with Crippen molar-refractivity contribution in [2.75, 3.05) is 11.1 Å². The molecule has 0 aliphatic heterocycles. The van der Waals surface area contributed by atoms with Crippen molar-refractivity contribution in [1.82, 2.24) is 9.97 Å². The van der Waals surface area contributed by atoms with Gasteiger partial charge in [-0.05, 0) is 24.3 Å². The minimum absolute atomic E-state index is 0.00657. The Bertz CT molecular complexity index is 874. The lowest BCUT2D eigenvalue weighted by Gasteiger charge is -2.07. The van der Waals surface area contributed by atoms with Crippen LogP contribution >= 0.6 is 0 Å². The lowest BCUT2D eigenvalue weighted by molar-refractivity contribution is 1.09. The van der Waals surface area contributed by atoms with E-state index in [1.165, 1.54) is 0 Å². The molecule has 4 N–H and O–H groups in total. The maximum atomic E-state index is 12.1. The van der Waals surface area contributed by atoms with Gasteiger partial charge in [0.15, 0.2) is 11.5 Å². The van der Waals surface area contributed by atoms with E-state index in [2.05, 4.69) is 25.5 Å². The molecule has 7 heteroatoms. The van der Waals surface area contributed by atoms with Crippen LogP contribution in [0.15, 0.2) is 75.7 Å². The van der Waals surface area contributed by atoms with Crippen molar-refractivity contribution in [3.05, 3.63) is 71.0 Å². The summed E-state index contributed by atoms with van der Waals surface area (Å²) in [6, 6.07) is 18.4. The zero-order valence-electron chi connectivity index (χ0n) is 12.1. The average Bonchev–Trinajstić information content (AvgIpc) is 2.56. The molecule has 0 spiro atoms. The van der Waals surface area contributed by atoms with E-state index in [0.717, 1.165) is 5.69 Å². The first-order valence-electron chi connectivity index (χ1n) is 6.91. The maximum absolute atomic E-state index is 12.1. The topological polar surface area (TPSA) is 109 Å². The first kappa shape index (κ1) is 14.5. The molecule has 0 radical (unpaired) electrons. The number of nitrogens with zero attached hydrogens (tertiary/aromatic N) is 3. The Morgan fingerprint density at radius 2 is 1.61 bits per heavy atom. The molecule has 1 aromatic heterocycles. The van der Waals surface area contributed by atoms with Crippen LogP contribution in [0.4, 0.5) is 28.8 Å². The summed E-state index contributed by atoms with van der Waals surface area (Å²) in [4.78, 5) is 18.6. The van der Waals surface area contributed by atoms with E-state index in [1.54, 1.807) is 12.1 Å². The third-order valence-corrected chi connectivity index (χ3v) is 2.97. The van der Waals surface area contributed by atoms with Gasteiger partial charge in [0.2, 0.25) is 5.95 Å². The van der Waals surface area contributed by atoms with Gasteiger partial charge in [-0.2, -0.15) is 10.1 Å². The number of H-pyrrole nitrogens is 1. The smallest absolute Gasteiger partial charge is 0.282 e. The van der Waals surface area contributed by atoms with Gasteiger partial charge in [-0.15, -0.1) is 5.11 Å². The number of nitrogen functional groups attached to an aromatic ring is 1. The largest absolute Gasteiger partial charge is 0.369 e. The fourth-order valence-electron chi connectivity index (χ4n) is 1.92. The summed E-state index contributed by atoms with van der Waals surface area (Å²) in [5, 5.41) is 11.1. The number of para-hydroxylation sites is 1. The van der Waals surface area contributed by atoms with Gasteiger partial charge in [0.05, 0.1) is 5.69 Å². The van der Waals surface area contributed by atoms with E-state index in [1.807, 2.05) is 48.5 Å². The third-order valence-electron chi connectivity index (χ3n) is 2.97. The third kappa shape index (κ3) is 3.59. The van der Waals surface area contributed by atoms with Crippen LogP contribution in [-0.2, 0) is 0 Å². The number of aromatic nitrogens is 2. The van der Waals surface area contributed by atoms with Gasteiger partial charge in [-0.1, -0.05) is 36.4 Å². The van der Waals surface area contributed by atoms with Crippen molar-refractivity contribution >= 4 is 28.8 Å². The highest BCUT2D eigenvalue weighted by Crippen LogP contribution is 2.24. The summed E-state index contributed by atoms with van der Waals surface area (Å²) in [6.07, 6.45) is 0. The molecule has 3 aromatic rings. The van der Waals surface area contributed by atoms with Gasteiger partial charge in [-0.25, -0.2) is 0 Å². The summed E-state index contributed by atoms with van der Waals surface area (Å²) in [7, 11) is 0. The van der Waals surface area contributed by atoms with Gasteiger partial charge in [0.1, 0.15) is 0 Å². The first-order chi connectivity index (χ1) is 11.2. The average molecular weight is 306 g/mol. The van der Waals surface area contributed by atoms with Gasteiger partial charge in [-0.3, -0.25) is 9.78 Å². The molecule has 0 unspecified atom stereocenters. The number of anilines is 3. The molecule has 23 heavy (non-hydrogen) atoms. The first-order valence-corrected chi connectivity index (χ1v) is 6.91. The predicted octanol–water partition coefficient (Wildman–Crippen LogP) is 3.51. The standard InChI is InChI=1S/C16H14N6O/c17-16-19-14(18-11-7-3-1-4-8-11)13(15(23)20-16)22-21-12-9-5-2-6-10-12/h1-10H,(H4,17,18,19,20,23). The zero-order chi connectivity index (χ0) is 16.1. The molecular formula is C16H14N6O. The molecule has 0 fully saturated rings. The number of rotatable bonds is 4. The fourth-order valence-corrected chi connectivity index (χ4v) is 1.92. The van der Waals surface area contributed by atoms with Crippen LogP contribution in [0.25, 0.3) is 0 Å². The molecule has 0 atom stereocenters. The molecule has 0 saturated carbocycles. The van der Waals surface area contributed by atoms with E-state index >= 15 is 0 Å². The Morgan fingerprint density at radius 3 is 2.30 bits per heavy atom. The van der Waals surface area contributed by atoms with Crippen molar-refractivity contribution in [2.24, 2.45) is 10.2 Å². The van der Waals surface area contributed by atoms with Crippen molar-refractivity contribution in [1.29, 1.82) is 0 Å². The summed E-state index contributed by atoms with van der Waals surface area (Å²) in [5.41, 5.74) is 6.61. The molecule has 2 aromatic carbocycles. The van der Waals surface area contributed by atoms with Gasteiger partial charge in [0.25, 0.3) is 5.56 Å². The van der Waals surface area contributed by atoms with E-state index in [0.29, 0.717) is 5.69 Å². The minimum Gasteiger partial charge on any atom is -0.369 e. The molecule has 0 aliphatic rings. The Kier molecular flexibility index (Phi) is 4.10. The molecule has 0 bridgehead atoms. The molecule has 0 amide bonds. The highest BCUT2D eigenvalue weighted by Gasteiger charge is 2.10. The lowest BCUT2D eigenvalue weighted by atomic mass is 10.3. The number of nitrogens with one attached hydrogen (secondary N) is 2. The predicted molar refractivity (Wildman–Crippen MR) is 89.6 cm³/mol. The second-order valence-corrected chi connectivity index (χ2v) is 4.67. The second-order valence-electron chi connectivity index (χ2n) is 4.67. The van der Waals surface area contributed by atoms with E-state index in [-0.39, 0.29) is 17.5 Å². The molecule has 3 rings (SSSR count). The number of aromatic amines is 1. The summed E-state index contributed by atoms with van der Waals surface area (Å²) in [6.45, 7) is 0. The van der Waals surface area contributed by atoms with Crippen molar-refractivity contribution in [3.8, 4) is 0 Å². The summed E-state index contributed by atoms with van der Waals surface area (Å²) < 4.78 is 0.